The first kappa shape index (κ1) is 14.9. The zero-order chi connectivity index (χ0) is 16.3. The van der Waals surface area contributed by atoms with Crippen LogP contribution in [0.3, 0.4) is 0 Å². The van der Waals surface area contributed by atoms with Crippen LogP contribution >= 0.6 is 11.3 Å². The van der Waals surface area contributed by atoms with E-state index in [9.17, 15) is 4.79 Å². The molecule has 24 heavy (non-hydrogen) atoms. The molecule has 1 N–H and O–H groups in total. The number of nitrogens with one attached hydrogen (secondary N) is 1. The fraction of sp³-hybridized carbons (Fsp3) is 0.571. The molecule has 1 amide bonds. The number of rotatable bonds is 3. The van der Waals surface area contributed by atoms with E-state index in [4.69, 9.17) is 0 Å². The number of hydrogen-bond donors (Lipinski definition) is 1. The molecule has 0 spiro atoms. The van der Waals surface area contributed by atoms with Crippen LogP contribution in [0, 0.1) is 23.2 Å². The molecule has 4 aliphatic rings. The molecule has 4 aliphatic carbocycles. The predicted octanol–water partition coefficient (Wildman–Crippen LogP) is 5.24. The lowest BCUT2D eigenvalue weighted by Crippen LogP contribution is -2.55. The van der Waals surface area contributed by atoms with Crippen LogP contribution < -0.4 is 5.32 Å². The summed E-state index contributed by atoms with van der Waals surface area (Å²) in [6, 6.07) is 10.6. The van der Waals surface area contributed by atoms with Crippen molar-refractivity contribution in [2.75, 3.05) is 0 Å². The molecule has 4 fully saturated rings. The lowest BCUT2D eigenvalue weighted by Gasteiger charge is -2.59. The minimum Gasteiger partial charge on any atom is -0.348 e. The molecule has 4 saturated carbocycles. The summed E-state index contributed by atoms with van der Waals surface area (Å²) in [4.78, 5) is 13.7. The van der Waals surface area contributed by atoms with Crippen LogP contribution in [-0.4, -0.2) is 11.9 Å². The Hall–Kier alpha value is -1.35. The monoisotopic (exact) mass is 339 g/mol. The summed E-state index contributed by atoms with van der Waals surface area (Å²) in [5.74, 6) is 2.92. The van der Waals surface area contributed by atoms with Crippen LogP contribution in [0.4, 0.5) is 0 Å². The summed E-state index contributed by atoms with van der Waals surface area (Å²) in [6.45, 7) is 2.26. The van der Waals surface area contributed by atoms with Crippen LogP contribution in [-0.2, 0) is 0 Å². The second kappa shape index (κ2) is 5.32. The van der Waals surface area contributed by atoms with Gasteiger partial charge in [-0.25, -0.2) is 0 Å². The van der Waals surface area contributed by atoms with Gasteiger partial charge in [0.15, 0.2) is 0 Å². The summed E-state index contributed by atoms with van der Waals surface area (Å²) in [7, 11) is 0. The van der Waals surface area contributed by atoms with Crippen molar-refractivity contribution in [2.24, 2.45) is 23.2 Å². The number of hydrogen-bond acceptors (Lipinski definition) is 2. The number of carbonyl (C=O) groups excluding carboxylic acids is 1. The first-order valence-corrected chi connectivity index (χ1v) is 10.2. The van der Waals surface area contributed by atoms with Gasteiger partial charge in [-0.15, -0.1) is 11.3 Å². The van der Waals surface area contributed by atoms with E-state index < -0.39 is 0 Å². The third-order valence-electron chi connectivity index (χ3n) is 7.00. The molecule has 0 radical (unpaired) electrons. The molecule has 0 saturated heterocycles. The van der Waals surface area contributed by atoms with Gasteiger partial charge in [0.1, 0.15) is 0 Å². The molecule has 1 heterocycles. The molecule has 126 valence electrons. The third kappa shape index (κ3) is 2.32. The van der Waals surface area contributed by atoms with Crippen LogP contribution in [0.5, 0.6) is 0 Å². The van der Waals surface area contributed by atoms with Gasteiger partial charge < -0.3 is 5.32 Å². The van der Waals surface area contributed by atoms with Gasteiger partial charge in [-0.3, -0.25) is 4.79 Å². The van der Waals surface area contributed by atoms with E-state index in [2.05, 4.69) is 24.4 Å². The normalized spacial score (nSPS) is 35.3. The van der Waals surface area contributed by atoms with Gasteiger partial charge >= 0.3 is 0 Å². The van der Waals surface area contributed by atoms with Crippen molar-refractivity contribution in [3.05, 3.63) is 35.2 Å². The molecular formula is C21H25NOS. The minimum atomic E-state index is 0.124. The highest BCUT2D eigenvalue weighted by molar-refractivity contribution is 7.20. The van der Waals surface area contributed by atoms with E-state index in [0.717, 1.165) is 22.6 Å². The van der Waals surface area contributed by atoms with E-state index in [1.807, 2.05) is 18.2 Å². The molecule has 6 rings (SSSR count). The second-order valence-corrected chi connectivity index (χ2v) is 9.71. The standard InChI is InChI=1S/C21H25NOS/c1-13(21-10-14-6-15(11-21)8-16(7-14)12-21)22-20(23)19-9-17-4-2-3-5-18(17)24-19/h2-5,9,13-16H,6-8,10-12H2,1H3,(H,22,23)/t13-,14?,15?,16?,21?/m1/s1. The first-order valence-electron chi connectivity index (χ1n) is 9.41. The maximum absolute atomic E-state index is 12.8. The SMILES string of the molecule is C[C@@H](NC(=O)c1cc2ccccc2s1)C12CC3CC(CC(C3)C1)C2. The highest BCUT2D eigenvalue weighted by atomic mass is 32.1. The van der Waals surface area contributed by atoms with Gasteiger partial charge in [-0.1, -0.05) is 18.2 Å². The minimum absolute atomic E-state index is 0.124. The lowest BCUT2D eigenvalue weighted by atomic mass is 9.48. The quantitative estimate of drug-likeness (QED) is 0.814. The summed E-state index contributed by atoms with van der Waals surface area (Å²) < 4.78 is 1.20. The maximum Gasteiger partial charge on any atom is 0.261 e. The molecule has 0 aliphatic heterocycles. The highest BCUT2D eigenvalue weighted by Crippen LogP contribution is 2.61. The van der Waals surface area contributed by atoms with Crippen LogP contribution in [0.15, 0.2) is 30.3 Å². The van der Waals surface area contributed by atoms with E-state index in [1.165, 1.54) is 48.6 Å². The number of carbonyl (C=O) groups is 1. The number of amides is 1. The Morgan fingerprint density at radius 1 is 1.12 bits per heavy atom. The number of fused-ring (bicyclic) bond motifs is 1. The average Bonchev–Trinajstić information content (AvgIpc) is 2.97. The largest absolute Gasteiger partial charge is 0.348 e. The van der Waals surface area contributed by atoms with E-state index in [-0.39, 0.29) is 5.91 Å². The molecule has 2 nitrogen and oxygen atoms in total. The van der Waals surface area contributed by atoms with Gasteiger partial charge in [0, 0.05) is 10.7 Å². The number of thiophene rings is 1. The molecule has 0 unspecified atom stereocenters. The topological polar surface area (TPSA) is 29.1 Å². The average molecular weight is 340 g/mol. The van der Waals surface area contributed by atoms with Crippen molar-refractivity contribution < 1.29 is 4.79 Å². The van der Waals surface area contributed by atoms with Gasteiger partial charge in [-0.05, 0) is 86.1 Å². The molecule has 2 aromatic rings. The Bertz CT molecular complexity index is 724. The Morgan fingerprint density at radius 2 is 1.75 bits per heavy atom. The van der Waals surface area contributed by atoms with Crippen LogP contribution in [0.1, 0.15) is 55.1 Å². The van der Waals surface area contributed by atoms with E-state index in [1.54, 1.807) is 11.3 Å². The maximum atomic E-state index is 12.8. The van der Waals surface area contributed by atoms with E-state index in [0.29, 0.717) is 11.5 Å². The molecule has 1 aromatic carbocycles. The molecule has 3 heteroatoms. The summed E-state index contributed by atoms with van der Waals surface area (Å²) in [5.41, 5.74) is 0.376. The molecule has 1 atom stereocenters. The Labute approximate surface area is 147 Å². The lowest BCUT2D eigenvalue weighted by molar-refractivity contribution is -0.0687. The Kier molecular flexibility index (Phi) is 3.31. The molecule has 4 bridgehead atoms. The van der Waals surface area contributed by atoms with Gasteiger partial charge in [0.25, 0.3) is 5.91 Å². The third-order valence-corrected chi connectivity index (χ3v) is 8.12. The van der Waals surface area contributed by atoms with Gasteiger partial charge in [0.2, 0.25) is 0 Å². The Balaban J connectivity index is 1.36. The fourth-order valence-electron chi connectivity index (χ4n) is 6.22. The van der Waals surface area contributed by atoms with Crippen molar-refractivity contribution in [2.45, 2.75) is 51.5 Å². The highest BCUT2D eigenvalue weighted by Gasteiger charge is 2.53. The Morgan fingerprint density at radius 3 is 2.38 bits per heavy atom. The zero-order valence-corrected chi connectivity index (χ0v) is 15.1. The van der Waals surface area contributed by atoms with Crippen molar-refractivity contribution in [1.82, 2.24) is 5.32 Å². The first-order chi connectivity index (χ1) is 11.6. The van der Waals surface area contributed by atoms with Crippen LogP contribution in [0.2, 0.25) is 0 Å². The summed E-state index contributed by atoms with van der Waals surface area (Å²) >= 11 is 1.61. The number of benzene rings is 1. The van der Waals surface area contributed by atoms with Crippen molar-refractivity contribution in [3.63, 3.8) is 0 Å². The molecular weight excluding hydrogens is 314 g/mol. The zero-order valence-electron chi connectivity index (χ0n) is 14.3. The van der Waals surface area contributed by atoms with Crippen LogP contribution in [0.25, 0.3) is 10.1 Å². The fourth-order valence-corrected chi connectivity index (χ4v) is 7.19. The smallest absolute Gasteiger partial charge is 0.261 e. The van der Waals surface area contributed by atoms with Crippen molar-refractivity contribution in [3.8, 4) is 0 Å². The van der Waals surface area contributed by atoms with Gasteiger partial charge in [-0.2, -0.15) is 0 Å². The predicted molar refractivity (Wildman–Crippen MR) is 99.4 cm³/mol. The molecule has 1 aromatic heterocycles. The van der Waals surface area contributed by atoms with E-state index >= 15 is 0 Å². The summed E-state index contributed by atoms with van der Waals surface area (Å²) in [5, 5.41) is 4.56. The van der Waals surface area contributed by atoms with Crippen molar-refractivity contribution in [1.29, 1.82) is 0 Å². The second-order valence-electron chi connectivity index (χ2n) is 8.62. The van der Waals surface area contributed by atoms with Crippen molar-refractivity contribution >= 4 is 27.3 Å². The summed E-state index contributed by atoms with van der Waals surface area (Å²) in [6.07, 6.45) is 8.38. The van der Waals surface area contributed by atoms with Gasteiger partial charge in [0.05, 0.1) is 4.88 Å².